The highest BCUT2D eigenvalue weighted by Gasteiger charge is 2.10. The zero-order chi connectivity index (χ0) is 17.0. The second-order valence-corrected chi connectivity index (χ2v) is 6.31. The summed E-state index contributed by atoms with van der Waals surface area (Å²) in [6.07, 6.45) is 2.84. The van der Waals surface area contributed by atoms with Gasteiger partial charge in [0.25, 0.3) is 0 Å². The number of carbonyl (C=O) groups excluding carboxylic acids is 1. The number of hydrogen-bond acceptors (Lipinski definition) is 3. The van der Waals surface area contributed by atoms with E-state index in [4.69, 9.17) is 23.2 Å². The van der Waals surface area contributed by atoms with Crippen molar-refractivity contribution in [1.29, 1.82) is 0 Å². The van der Waals surface area contributed by atoms with E-state index in [1.807, 2.05) is 0 Å². The van der Waals surface area contributed by atoms with Crippen LogP contribution >= 0.6 is 39.1 Å². The Bertz CT molecular complexity index is 850. The number of benzene rings is 1. The fourth-order valence-corrected chi connectivity index (χ4v) is 2.65. The molecule has 0 bridgehead atoms. The van der Waals surface area contributed by atoms with Crippen LogP contribution in [0.3, 0.4) is 0 Å². The number of halogens is 3. The molecule has 2 aromatic carbocycles. The van der Waals surface area contributed by atoms with Gasteiger partial charge in [0.05, 0.1) is 21.3 Å². The van der Waals surface area contributed by atoms with Crippen molar-refractivity contribution in [2.24, 2.45) is 0 Å². The predicted molar refractivity (Wildman–Crippen MR) is 99.8 cm³/mol. The minimum Gasteiger partial charge on any atom is -0.385 e. The van der Waals surface area contributed by atoms with E-state index < -0.39 is 5.78 Å². The largest absolute Gasteiger partial charge is 0.385 e. The van der Waals surface area contributed by atoms with Crippen molar-refractivity contribution >= 4 is 56.7 Å². The van der Waals surface area contributed by atoms with Crippen LogP contribution in [0.15, 0.2) is 51.7 Å². The topological polar surface area (TPSA) is 46.2 Å². The molecule has 0 aliphatic heterocycles. The molecule has 1 N–H and O–H groups in total. The smallest absolute Gasteiger partial charge is 0.212 e. The van der Waals surface area contributed by atoms with Crippen LogP contribution in [0.1, 0.15) is 15.9 Å². The summed E-state index contributed by atoms with van der Waals surface area (Å²) >= 11 is 15.3. The molecule has 0 heterocycles. The van der Waals surface area contributed by atoms with Gasteiger partial charge in [0.15, 0.2) is 5.78 Å². The molecule has 6 heteroatoms. The van der Waals surface area contributed by atoms with Gasteiger partial charge in [0.2, 0.25) is 5.43 Å². The van der Waals surface area contributed by atoms with Gasteiger partial charge in [-0.25, -0.2) is 0 Å². The van der Waals surface area contributed by atoms with Crippen molar-refractivity contribution in [3.8, 4) is 0 Å². The average molecular weight is 413 g/mol. The number of anilines is 1. The molecule has 2 rings (SSSR count). The SMILES string of the molecule is CNc1ccc(Br)cc(C(=O)/C=C\c2cccc(Cl)c2Cl)c1=O. The molecule has 0 aromatic heterocycles. The van der Waals surface area contributed by atoms with Crippen molar-refractivity contribution in [1.82, 2.24) is 0 Å². The first-order valence-electron chi connectivity index (χ1n) is 6.62. The zero-order valence-corrected chi connectivity index (χ0v) is 15.2. The van der Waals surface area contributed by atoms with Gasteiger partial charge in [-0.1, -0.05) is 51.3 Å². The van der Waals surface area contributed by atoms with E-state index in [1.165, 1.54) is 18.2 Å². The van der Waals surface area contributed by atoms with Gasteiger partial charge >= 0.3 is 0 Å². The molecule has 118 valence electrons. The van der Waals surface area contributed by atoms with Crippen LogP contribution in [0.25, 0.3) is 6.08 Å². The van der Waals surface area contributed by atoms with Crippen LogP contribution in [-0.4, -0.2) is 12.8 Å². The molecule has 0 spiro atoms. The highest BCUT2D eigenvalue weighted by atomic mass is 79.9. The number of allylic oxidation sites excluding steroid dienone is 1. The Morgan fingerprint density at radius 3 is 2.65 bits per heavy atom. The first-order valence-corrected chi connectivity index (χ1v) is 8.17. The maximum atomic E-state index is 12.4. The minimum absolute atomic E-state index is 0.0561. The van der Waals surface area contributed by atoms with Gasteiger partial charge in [-0.3, -0.25) is 9.59 Å². The van der Waals surface area contributed by atoms with Crippen LogP contribution in [-0.2, 0) is 0 Å². The van der Waals surface area contributed by atoms with Gasteiger partial charge in [-0.2, -0.15) is 0 Å². The van der Waals surface area contributed by atoms with Crippen LogP contribution in [0.2, 0.25) is 10.0 Å². The third-order valence-corrected chi connectivity index (χ3v) is 4.44. The van der Waals surface area contributed by atoms with Crippen molar-refractivity contribution in [3.05, 3.63) is 78.3 Å². The van der Waals surface area contributed by atoms with E-state index in [1.54, 1.807) is 37.4 Å². The first kappa shape index (κ1) is 17.7. The van der Waals surface area contributed by atoms with Crippen LogP contribution < -0.4 is 10.7 Å². The average Bonchev–Trinajstić information content (AvgIpc) is 2.67. The summed E-state index contributed by atoms with van der Waals surface area (Å²) in [5.74, 6) is -0.417. The Morgan fingerprint density at radius 2 is 1.96 bits per heavy atom. The number of ketones is 1. The Kier molecular flexibility index (Phi) is 5.99. The zero-order valence-electron chi connectivity index (χ0n) is 12.1. The monoisotopic (exact) mass is 411 g/mol. The van der Waals surface area contributed by atoms with Crippen molar-refractivity contribution in [3.63, 3.8) is 0 Å². The molecule has 0 unspecified atom stereocenters. The van der Waals surface area contributed by atoms with Crippen LogP contribution in [0.4, 0.5) is 5.69 Å². The van der Waals surface area contributed by atoms with Gasteiger partial charge in [0, 0.05) is 11.5 Å². The number of hydrogen-bond donors (Lipinski definition) is 1. The van der Waals surface area contributed by atoms with E-state index in [0.717, 1.165) is 0 Å². The number of carbonyl (C=O) groups is 1. The van der Waals surface area contributed by atoms with E-state index in [9.17, 15) is 9.59 Å². The third kappa shape index (κ3) is 4.22. The summed E-state index contributed by atoms with van der Waals surface area (Å²) in [5.41, 5.74) is 0.632. The lowest BCUT2D eigenvalue weighted by atomic mass is 10.1. The lowest BCUT2D eigenvalue weighted by Gasteiger charge is -2.00. The minimum atomic E-state index is -0.417. The lowest BCUT2D eigenvalue weighted by Crippen LogP contribution is -2.14. The third-order valence-electron chi connectivity index (χ3n) is 3.11. The summed E-state index contributed by atoms with van der Waals surface area (Å²) in [7, 11) is 1.63. The number of nitrogens with one attached hydrogen (secondary N) is 1. The van der Waals surface area contributed by atoms with Crippen molar-refractivity contribution in [2.45, 2.75) is 0 Å². The molecule has 0 radical (unpaired) electrons. The second-order valence-electron chi connectivity index (χ2n) is 4.61. The quantitative estimate of drug-likeness (QED) is 0.564. The summed E-state index contributed by atoms with van der Waals surface area (Å²) < 4.78 is 0.633. The molecular weight excluding hydrogens is 401 g/mol. The molecular formula is C17H12BrCl2NO2. The Labute approximate surface area is 152 Å². The lowest BCUT2D eigenvalue weighted by molar-refractivity contribution is 0.104. The first-order chi connectivity index (χ1) is 10.9. The number of rotatable bonds is 4. The second kappa shape index (κ2) is 7.77. The maximum absolute atomic E-state index is 12.4. The van der Waals surface area contributed by atoms with E-state index >= 15 is 0 Å². The van der Waals surface area contributed by atoms with E-state index in [0.29, 0.717) is 25.8 Å². The van der Waals surface area contributed by atoms with Gasteiger partial charge in [-0.15, -0.1) is 0 Å². The maximum Gasteiger partial charge on any atom is 0.212 e. The van der Waals surface area contributed by atoms with Crippen LogP contribution in [0.5, 0.6) is 0 Å². The van der Waals surface area contributed by atoms with Crippen molar-refractivity contribution in [2.75, 3.05) is 12.4 Å². The Balaban J connectivity index is 2.44. The standard InChI is InChI=1S/C17H12BrCl2NO2/c1-21-14-7-6-11(18)9-12(17(14)23)15(22)8-5-10-3-2-4-13(19)16(10)20/h2-9H,1H3,(H,21,23)/b8-5-. The Morgan fingerprint density at radius 1 is 1.22 bits per heavy atom. The Hall–Kier alpha value is -1.62. The van der Waals surface area contributed by atoms with Crippen molar-refractivity contribution < 1.29 is 4.79 Å². The fourth-order valence-electron chi connectivity index (χ4n) is 1.92. The molecule has 0 aliphatic carbocycles. The molecule has 0 fully saturated rings. The molecule has 0 amide bonds. The van der Waals surface area contributed by atoms with E-state index in [-0.39, 0.29) is 11.0 Å². The summed E-state index contributed by atoms with van der Waals surface area (Å²) in [4.78, 5) is 24.7. The molecule has 0 atom stereocenters. The van der Waals surface area contributed by atoms with Gasteiger partial charge in [-0.05, 0) is 42.0 Å². The summed E-state index contributed by atoms with van der Waals surface area (Å²) in [5, 5.41) is 3.54. The van der Waals surface area contributed by atoms with Gasteiger partial charge in [0.1, 0.15) is 0 Å². The highest BCUT2D eigenvalue weighted by molar-refractivity contribution is 9.10. The molecule has 0 aliphatic rings. The molecule has 23 heavy (non-hydrogen) atoms. The molecule has 0 saturated heterocycles. The molecule has 3 nitrogen and oxygen atoms in total. The molecule has 2 aromatic rings. The normalized spacial score (nSPS) is 10.8. The molecule has 0 saturated carbocycles. The van der Waals surface area contributed by atoms with Gasteiger partial charge < -0.3 is 5.32 Å². The predicted octanol–water partition coefficient (Wildman–Crippen LogP) is 5.05. The fraction of sp³-hybridized carbons (Fsp3) is 0.0588. The van der Waals surface area contributed by atoms with E-state index in [2.05, 4.69) is 21.2 Å². The van der Waals surface area contributed by atoms with Crippen LogP contribution in [0, 0.1) is 0 Å². The summed E-state index contributed by atoms with van der Waals surface area (Å²) in [6.45, 7) is 0. The highest BCUT2D eigenvalue weighted by Crippen LogP contribution is 2.26. The summed E-state index contributed by atoms with van der Waals surface area (Å²) in [6, 6.07) is 9.93.